The summed E-state index contributed by atoms with van der Waals surface area (Å²) in [6.45, 7) is 0. The van der Waals surface area contributed by atoms with Gasteiger partial charge < -0.3 is 10.5 Å². The molecule has 0 spiro atoms. The number of aromatic amines is 1. The predicted octanol–water partition coefficient (Wildman–Crippen LogP) is 2.87. The Kier molecular flexibility index (Phi) is 4.81. The molecule has 0 unspecified atom stereocenters. The fourth-order valence-corrected chi connectivity index (χ4v) is 2.86. The molecule has 1 aromatic heterocycles. The average Bonchev–Trinajstić information content (AvgIpc) is 3.09. The Balaban J connectivity index is 1.64. The van der Waals surface area contributed by atoms with Crippen LogP contribution in [0.3, 0.4) is 0 Å². The van der Waals surface area contributed by atoms with Crippen LogP contribution in [-0.4, -0.2) is 28.2 Å². The van der Waals surface area contributed by atoms with Crippen molar-refractivity contribution in [1.29, 1.82) is 0 Å². The number of nitrogens with one attached hydrogen (secondary N) is 1. The van der Waals surface area contributed by atoms with Gasteiger partial charge in [-0.2, -0.15) is 0 Å². The molecule has 3 aromatic rings. The fourth-order valence-electron chi connectivity index (χ4n) is 2.10. The Hall–Kier alpha value is -2.80. The number of amides is 1. The molecule has 0 saturated heterocycles. The summed E-state index contributed by atoms with van der Waals surface area (Å²) in [5.74, 6) is 1.79. The molecule has 0 atom stereocenters. The first-order chi connectivity index (χ1) is 11.7. The number of nitrogens with two attached hydrogens (primary N) is 1. The Bertz CT molecular complexity index is 829. The smallest absolute Gasteiger partial charge is 0.248 e. The zero-order valence-corrected chi connectivity index (χ0v) is 13.8. The third-order valence-electron chi connectivity index (χ3n) is 3.43. The van der Waals surface area contributed by atoms with E-state index in [2.05, 4.69) is 15.2 Å². The van der Waals surface area contributed by atoms with Crippen LogP contribution in [0.25, 0.3) is 11.4 Å². The number of H-pyrrole nitrogens is 1. The number of carbonyl (C=O) groups excluding carboxylic acids is 1. The second-order valence-electron chi connectivity index (χ2n) is 5.04. The molecule has 0 bridgehead atoms. The van der Waals surface area contributed by atoms with Gasteiger partial charge in [-0.05, 0) is 42.0 Å². The summed E-state index contributed by atoms with van der Waals surface area (Å²) in [5, 5.41) is 7.82. The highest BCUT2D eigenvalue weighted by Crippen LogP contribution is 2.23. The third-order valence-corrected chi connectivity index (χ3v) is 4.35. The van der Waals surface area contributed by atoms with E-state index in [-0.39, 0.29) is 0 Å². The van der Waals surface area contributed by atoms with Crippen molar-refractivity contribution < 1.29 is 9.53 Å². The van der Waals surface area contributed by atoms with Crippen LogP contribution in [0.5, 0.6) is 5.75 Å². The molecule has 0 aliphatic carbocycles. The lowest BCUT2D eigenvalue weighted by atomic mass is 10.1. The monoisotopic (exact) mass is 340 g/mol. The first kappa shape index (κ1) is 16.1. The number of nitrogens with zero attached hydrogens (tertiary/aromatic N) is 2. The summed E-state index contributed by atoms with van der Waals surface area (Å²) in [4.78, 5) is 15.5. The van der Waals surface area contributed by atoms with Crippen molar-refractivity contribution in [3.05, 3.63) is 59.7 Å². The SMILES string of the molecule is COc1ccc(-c2nc(SCc3ccc(C(N)=O)cc3)n[nH]2)cc1. The number of ether oxygens (including phenoxy) is 1. The van der Waals surface area contributed by atoms with E-state index in [4.69, 9.17) is 10.5 Å². The van der Waals surface area contributed by atoms with E-state index in [0.717, 1.165) is 16.9 Å². The second kappa shape index (κ2) is 7.18. The number of methoxy groups -OCH3 is 1. The van der Waals surface area contributed by atoms with E-state index >= 15 is 0 Å². The summed E-state index contributed by atoms with van der Waals surface area (Å²) in [6, 6.07) is 14.8. The van der Waals surface area contributed by atoms with E-state index in [0.29, 0.717) is 22.3 Å². The Morgan fingerprint density at radius 3 is 2.50 bits per heavy atom. The molecular formula is C17H16N4O2S. The predicted molar refractivity (Wildman–Crippen MR) is 92.9 cm³/mol. The van der Waals surface area contributed by atoms with E-state index in [9.17, 15) is 4.79 Å². The van der Waals surface area contributed by atoms with Crippen LogP contribution >= 0.6 is 11.8 Å². The quantitative estimate of drug-likeness (QED) is 0.673. The summed E-state index contributed by atoms with van der Waals surface area (Å²) in [5.41, 5.74) is 7.75. The van der Waals surface area contributed by atoms with Crippen LogP contribution in [-0.2, 0) is 5.75 Å². The van der Waals surface area contributed by atoms with Gasteiger partial charge in [-0.25, -0.2) is 4.98 Å². The number of carbonyl (C=O) groups is 1. The molecule has 0 aliphatic rings. The largest absolute Gasteiger partial charge is 0.497 e. The van der Waals surface area contributed by atoms with Crippen molar-refractivity contribution in [3.8, 4) is 17.1 Å². The standard InChI is InChI=1S/C17H16N4O2S/c1-23-14-8-6-13(7-9-14)16-19-17(21-20-16)24-10-11-2-4-12(5-3-11)15(18)22/h2-9H,10H2,1H3,(H2,18,22)(H,19,20,21). The molecule has 0 saturated carbocycles. The van der Waals surface area contributed by atoms with Gasteiger partial charge in [0.2, 0.25) is 11.1 Å². The molecule has 1 amide bonds. The van der Waals surface area contributed by atoms with Gasteiger partial charge in [-0.3, -0.25) is 9.89 Å². The molecule has 122 valence electrons. The number of thioether (sulfide) groups is 1. The maximum atomic E-state index is 11.1. The third kappa shape index (κ3) is 3.75. The van der Waals surface area contributed by atoms with Crippen molar-refractivity contribution >= 4 is 17.7 Å². The lowest BCUT2D eigenvalue weighted by Gasteiger charge is -2.00. The van der Waals surface area contributed by atoms with Gasteiger partial charge in [0.25, 0.3) is 0 Å². The molecule has 0 fully saturated rings. The molecule has 1 heterocycles. The van der Waals surface area contributed by atoms with E-state index < -0.39 is 5.91 Å². The van der Waals surface area contributed by atoms with Gasteiger partial charge >= 0.3 is 0 Å². The van der Waals surface area contributed by atoms with Gasteiger partial charge in [-0.1, -0.05) is 23.9 Å². The molecule has 2 aromatic carbocycles. The summed E-state index contributed by atoms with van der Waals surface area (Å²) in [6.07, 6.45) is 0. The normalized spacial score (nSPS) is 10.5. The molecule has 24 heavy (non-hydrogen) atoms. The zero-order valence-electron chi connectivity index (χ0n) is 13.0. The molecule has 6 nitrogen and oxygen atoms in total. The fraction of sp³-hybridized carbons (Fsp3) is 0.118. The van der Waals surface area contributed by atoms with Gasteiger partial charge in [0, 0.05) is 16.9 Å². The number of hydrogen-bond acceptors (Lipinski definition) is 5. The Morgan fingerprint density at radius 2 is 1.88 bits per heavy atom. The first-order valence-electron chi connectivity index (χ1n) is 7.24. The number of hydrogen-bond donors (Lipinski definition) is 2. The van der Waals surface area contributed by atoms with Gasteiger partial charge in [0.1, 0.15) is 5.75 Å². The first-order valence-corrected chi connectivity index (χ1v) is 8.22. The van der Waals surface area contributed by atoms with Crippen molar-refractivity contribution in [3.63, 3.8) is 0 Å². The molecule has 3 N–H and O–H groups in total. The van der Waals surface area contributed by atoms with Crippen LogP contribution in [0.15, 0.2) is 53.7 Å². The number of rotatable bonds is 6. The molecule has 0 radical (unpaired) electrons. The van der Waals surface area contributed by atoms with E-state index in [1.807, 2.05) is 36.4 Å². The zero-order chi connectivity index (χ0) is 16.9. The molecular weight excluding hydrogens is 324 g/mol. The van der Waals surface area contributed by atoms with Crippen LogP contribution in [0.4, 0.5) is 0 Å². The number of benzene rings is 2. The van der Waals surface area contributed by atoms with Gasteiger partial charge in [0.05, 0.1) is 7.11 Å². The van der Waals surface area contributed by atoms with Crippen molar-refractivity contribution in [2.75, 3.05) is 7.11 Å². The number of aromatic nitrogens is 3. The lowest BCUT2D eigenvalue weighted by Crippen LogP contribution is -2.10. The highest BCUT2D eigenvalue weighted by atomic mass is 32.2. The molecule has 0 aliphatic heterocycles. The minimum absolute atomic E-state index is 0.424. The van der Waals surface area contributed by atoms with Crippen molar-refractivity contribution in [2.45, 2.75) is 10.9 Å². The van der Waals surface area contributed by atoms with Crippen LogP contribution < -0.4 is 10.5 Å². The lowest BCUT2D eigenvalue weighted by molar-refractivity contribution is 0.100. The van der Waals surface area contributed by atoms with Crippen LogP contribution in [0, 0.1) is 0 Å². The van der Waals surface area contributed by atoms with Crippen molar-refractivity contribution in [1.82, 2.24) is 15.2 Å². The van der Waals surface area contributed by atoms with E-state index in [1.165, 1.54) is 11.8 Å². The summed E-state index contributed by atoms with van der Waals surface area (Å²) in [7, 11) is 1.63. The van der Waals surface area contributed by atoms with Crippen LogP contribution in [0.2, 0.25) is 0 Å². The highest BCUT2D eigenvalue weighted by molar-refractivity contribution is 7.98. The van der Waals surface area contributed by atoms with Gasteiger partial charge in [-0.15, -0.1) is 5.10 Å². The summed E-state index contributed by atoms with van der Waals surface area (Å²) >= 11 is 1.52. The Morgan fingerprint density at radius 1 is 1.17 bits per heavy atom. The highest BCUT2D eigenvalue weighted by Gasteiger charge is 2.07. The van der Waals surface area contributed by atoms with E-state index in [1.54, 1.807) is 19.2 Å². The second-order valence-corrected chi connectivity index (χ2v) is 5.99. The maximum Gasteiger partial charge on any atom is 0.248 e. The Labute approximate surface area is 143 Å². The topological polar surface area (TPSA) is 93.9 Å². The number of primary amides is 1. The molecule has 7 heteroatoms. The summed E-state index contributed by atoms with van der Waals surface area (Å²) < 4.78 is 5.14. The average molecular weight is 340 g/mol. The van der Waals surface area contributed by atoms with Gasteiger partial charge in [0.15, 0.2) is 5.82 Å². The molecule has 3 rings (SSSR count). The minimum Gasteiger partial charge on any atom is -0.497 e. The van der Waals surface area contributed by atoms with Crippen molar-refractivity contribution in [2.24, 2.45) is 5.73 Å². The van der Waals surface area contributed by atoms with Crippen LogP contribution in [0.1, 0.15) is 15.9 Å². The minimum atomic E-state index is -0.424. The maximum absolute atomic E-state index is 11.1.